The van der Waals surface area contributed by atoms with Crippen LogP contribution in [0.1, 0.15) is 25.3 Å². The zero-order chi connectivity index (χ0) is 19.1. The summed E-state index contributed by atoms with van der Waals surface area (Å²) in [6, 6.07) is 7.71. The highest BCUT2D eigenvalue weighted by Gasteiger charge is 2.13. The summed E-state index contributed by atoms with van der Waals surface area (Å²) in [5.41, 5.74) is 1.90. The first-order valence-electron chi connectivity index (χ1n) is 9.05. The highest BCUT2D eigenvalue weighted by molar-refractivity contribution is 5.92. The van der Waals surface area contributed by atoms with Gasteiger partial charge in [-0.2, -0.15) is 4.98 Å². The number of rotatable bonds is 9. The van der Waals surface area contributed by atoms with Gasteiger partial charge in [0.05, 0.1) is 19.7 Å². The number of hydrogen-bond acceptors (Lipinski definition) is 7. The van der Waals surface area contributed by atoms with Crippen LogP contribution in [0.25, 0.3) is 10.9 Å². The van der Waals surface area contributed by atoms with Gasteiger partial charge in [-0.15, -0.1) is 0 Å². The van der Waals surface area contributed by atoms with Crippen molar-refractivity contribution >= 4 is 22.7 Å². The summed E-state index contributed by atoms with van der Waals surface area (Å²) in [6.45, 7) is 3.63. The van der Waals surface area contributed by atoms with Crippen LogP contribution in [0.3, 0.4) is 0 Å². The van der Waals surface area contributed by atoms with E-state index in [1.807, 2.05) is 24.3 Å². The molecule has 0 aliphatic rings. The molecule has 0 radical (unpaired) electrons. The summed E-state index contributed by atoms with van der Waals surface area (Å²) in [5.74, 6) is 2.64. The first-order chi connectivity index (χ1) is 13.2. The summed E-state index contributed by atoms with van der Waals surface area (Å²) in [4.78, 5) is 13.4. The van der Waals surface area contributed by atoms with Gasteiger partial charge in [-0.3, -0.25) is 4.98 Å². The van der Waals surface area contributed by atoms with Gasteiger partial charge in [0, 0.05) is 36.9 Å². The molecule has 2 aromatic heterocycles. The van der Waals surface area contributed by atoms with Crippen LogP contribution in [0.2, 0.25) is 0 Å². The van der Waals surface area contributed by atoms with E-state index in [2.05, 4.69) is 32.5 Å². The van der Waals surface area contributed by atoms with Crippen molar-refractivity contribution in [3.05, 3.63) is 42.2 Å². The van der Waals surface area contributed by atoms with Gasteiger partial charge in [0.1, 0.15) is 5.82 Å². The van der Waals surface area contributed by atoms with Gasteiger partial charge >= 0.3 is 0 Å². The summed E-state index contributed by atoms with van der Waals surface area (Å²) in [7, 11) is 3.24. The Morgan fingerprint density at radius 1 is 0.963 bits per heavy atom. The van der Waals surface area contributed by atoms with E-state index in [1.165, 1.54) is 0 Å². The fraction of sp³-hybridized carbons (Fsp3) is 0.350. The van der Waals surface area contributed by atoms with Gasteiger partial charge in [0.2, 0.25) is 5.95 Å². The SMILES string of the molecule is CCCCNc1nc(NCc2ccncc2)nc2cc(OC)c(OC)cc12. The lowest BCUT2D eigenvalue weighted by atomic mass is 10.2. The summed E-state index contributed by atoms with van der Waals surface area (Å²) in [6.07, 6.45) is 5.72. The predicted molar refractivity (Wildman–Crippen MR) is 108 cm³/mol. The number of benzene rings is 1. The maximum Gasteiger partial charge on any atom is 0.225 e. The van der Waals surface area contributed by atoms with Crippen LogP contribution in [-0.4, -0.2) is 35.7 Å². The molecule has 3 rings (SSSR count). The number of anilines is 2. The molecule has 0 spiro atoms. The van der Waals surface area contributed by atoms with Crippen LogP contribution < -0.4 is 20.1 Å². The number of pyridine rings is 1. The monoisotopic (exact) mass is 367 g/mol. The fourth-order valence-corrected chi connectivity index (χ4v) is 2.73. The minimum atomic E-state index is 0.561. The number of aromatic nitrogens is 3. The Labute approximate surface area is 159 Å². The molecule has 2 heterocycles. The maximum absolute atomic E-state index is 5.43. The first-order valence-corrected chi connectivity index (χ1v) is 9.05. The first kappa shape index (κ1) is 18.7. The lowest BCUT2D eigenvalue weighted by Gasteiger charge is -2.14. The molecule has 0 amide bonds. The molecule has 0 saturated heterocycles. The van der Waals surface area contributed by atoms with Crippen LogP contribution in [0.4, 0.5) is 11.8 Å². The van der Waals surface area contributed by atoms with Crippen molar-refractivity contribution in [1.29, 1.82) is 0 Å². The van der Waals surface area contributed by atoms with E-state index < -0.39 is 0 Å². The molecule has 0 saturated carbocycles. The molecular formula is C20H25N5O2. The average molecular weight is 367 g/mol. The van der Waals surface area contributed by atoms with Crippen molar-refractivity contribution in [3.63, 3.8) is 0 Å². The molecule has 0 unspecified atom stereocenters. The molecule has 3 aromatic rings. The summed E-state index contributed by atoms with van der Waals surface area (Å²) >= 11 is 0. The van der Waals surface area contributed by atoms with Crippen LogP contribution in [-0.2, 0) is 6.54 Å². The Hall–Kier alpha value is -3.09. The number of nitrogens with zero attached hydrogens (tertiary/aromatic N) is 3. The molecule has 0 aliphatic carbocycles. The van der Waals surface area contributed by atoms with E-state index in [0.717, 1.165) is 41.7 Å². The molecule has 7 heteroatoms. The second-order valence-corrected chi connectivity index (χ2v) is 6.11. The van der Waals surface area contributed by atoms with Crippen molar-refractivity contribution < 1.29 is 9.47 Å². The average Bonchev–Trinajstić information content (AvgIpc) is 2.72. The number of fused-ring (bicyclic) bond motifs is 1. The van der Waals surface area contributed by atoms with E-state index >= 15 is 0 Å². The number of unbranched alkanes of at least 4 members (excludes halogenated alkanes) is 1. The van der Waals surface area contributed by atoms with Crippen LogP contribution in [0.5, 0.6) is 11.5 Å². The Morgan fingerprint density at radius 2 is 1.70 bits per heavy atom. The van der Waals surface area contributed by atoms with Crippen LogP contribution >= 0.6 is 0 Å². The molecule has 142 valence electrons. The van der Waals surface area contributed by atoms with Crippen molar-refractivity contribution in [3.8, 4) is 11.5 Å². The van der Waals surface area contributed by atoms with E-state index in [9.17, 15) is 0 Å². The van der Waals surface area contributed by atoms with Crippen molar-refractivity contribution in [2.45, 2.75) is 26.3 Å². The van der Waals surface area contributed by atoms with Crippen molar-refractivity contribution in [2.24, 2.45) is 0 Å². The molecule has 27 heavy (non-hydrogen) atoms. The molecule has 0 bridgehead atoms. The number of nitrogens with one attached hydrogen (secondary N) is 2. The highest BCUT2D eigenvalue weighted by atomic mass is 16.5. The number of methoxy groups -OCH3 is 2. The van der Waals surface area contributed by atoms with Gasteiger partial charge in [-0.05, 0) is 30.2 Å². The highest BCUT2D eigenvalue weighted by Crippen LogP contribution is 2.34. The van der Waals surface area contributed by atoms with Gasteiger partial charge in [0.15, 0.2) is 11.5 Å². The minimum absolute atomic E-state index is 0.561. The molecule has 2 N–H and O–H groups in total. The lowest BCUT2D eigenvalue weighted by Crippen LogP contribution is -2.09. The predicted octanol–water partition coefficient (Wildman–Crippen LogP) is 3.87. The zero-order valence-electron chi connectivity index (χ0n) is 16.0. The van der Waals surface area contributed by atoms with Crippen molar-refractivity contribution in [2.75, 3.05) is 31.4 Å². The number of hydrogen-bond donors (Lipinski definition) is 2. The number of ether oxygens (including phenoxy) is 2. The topological polar surface area (TPSA) is 81.2 Å². The minimum Gasteiger partial charge on any atom is -0.493 e. The van der Waals surface area contributed by atoms with Crippen LogP contribution in [0.15, 0.2) is 36.7 Å². The van der Waals surface area contributed by atoms with Crippen LogP contribution in [0, 0.1) is 0 Å². The van der Waals surface area contributed by atoms with Gasteiger partial charge < -0.3 is 20.1 Å². The Bertz CT molecular complexity index is 886. The summed E-state index contributed by atoms with van der Waals surface area (Å²) < 4.78 is 10.8. The van der Waals surface area contributed by atoms with Gasteiger partial charge in [-0.25, -0.2) is 4.98 Å². The fourth-order valence-electron chi connectivity index (χ4n) is 2.73. The van der Waals surface area contributed by atoms with Gasteiger partial charge in [-0.1, -0.05) is 13.3 Å². The zero-order valence-corrected chi connectivity index (χ0v) is 16.0. The third-order valence-corrected chi connectivity index (χ3v) is 4.22. The molecule has 0 aliphatic heterocycles. The second kappa shape index (κ2) is 9.02. The van der Waals surface area contributed by atoms with E-state index in [0.29, 0.717) is 24.0 Å². The van der Waals surface area contributed by atoms with E-state index in [4.69, 9.17) is 9.47 Å². The standard InChI is InChI=1S/C20H25N5O2/c1-4-5-8-22-19-15-11-17(26-2)18(27-3)12-16(15)24-20(25-19)23-13-14-6-9-21-10-7-14/h6-7,9-12H,4-5,8,13H2,1-3H3,(H2,22,23,24,25). The van der Waals surface area contributed by atoms with Crippen molar-refractivity contribution in [1.82, 2.24) is 15.0 Å². The molecule has 7 nitrogen and oxygen atoms in total. The third-order valence-electron chi connectivity index (χ3n) is 4.22. The molecule has 0 atom stereocenters. The summed E-state index contributed by atoms with van der Waals surface area (Å²) in [5, 5.41) is 7.61. The Balaban J connectivity index is 1.95. The largest absolute Gasteiger partial charge is 0.493 e. The quantitative estimate of drug-likeness (QED) is 0.556. The third kappa shape index (κ3) is 4.55. The Kier molecular flexibility index (Phi) is 6.25. The normalized spacial score (nSPS) is 10.6. The molecule has 0 fully saturated rings. The smallest absolute Gasteiger partial charge is 0.225 e. The van der Waals surface area contributed by atoms with E-state index in [1.54, 1.807) is 26.6 Å². The lowest BCUT2D eigenvalue weighted by molar-refractivity contribution is 0.356. The molecule has 1 aromatic carbocycles. The Morgan fingerprint density at radius 3 is 2.41 bits per heavy atom. The maximum atomic E-state index is 5.43. The van der Waals surface area contributed by atoms with E-state index in [-0.39, 0.29) is 0 Å². The van der Waals surface area contributed by atoms with Gasteiger partial charge in [0.25, 0.3) is 0 Å². The molecular weight excluding hydrogens is 342 g/mol. The second-order valence-electron chi connectivity index (χ2n) is 6.11.